The van der Waals surface area contributed by atoms with E-state index >= 15 is 0 Å². The number of allylic oxidation sites excluding steroid dienone is 4. The third-order valence-electron chi connectivity index (χ3n) is 5.57. The Balaban J connectivity index is 1.76. The van der Waals surface area contributed by atoms with Crippen molar-refractivity contribution >= 4 is 11.6 Å². The van der Waals surface area contributed by atoms with Gasteiger partial charge in [0.15, 0.2) is 11.5 Å². The molecule has 2 aromatic rings. The van der Waals surface area contributed by atoms with Crippen LogP contribution in [0.4, 0.5) is 16.0 Å². The molecule has 1 aromatic carbocycles. The van der Waals surface area contributed by atoms with Gasteiger partial charge in [0, 0.05) is 29.9 Å². The van der Waals surface area contributed by atoms with Gasteiger partial charge >= 0.3 is 0 Å². The molecule has 29 heavy (non-hydrogen) atoms. The molecule has 0 spiro atoms. The fourth-order valence-corrected chi connectivity index (χ4v) is 4.07. The summed E-state index contributed by atoms with van der Waals surface area (Å²) >= 11 is 0. The fourth-order valence-electron chi connectivity index (χ4n) is 4.07. The molecule has 0 radical (unpaired) electrons. The summed E-state index contributed by atoms with van der Waals surface area (Å²) in [6.07, 6.45) is 6.15. The van der Waals surface area contributed by atoms with E-state index in [2.05, 4.69) is 14.9 Å². The number of anilines is 2. The molecule has 1 aromatic heterocycles. The summed E-state index contributed by atoms with van der Waals surface area (Å²) in [5, 5.41) is 3.32. The standard InChI is InChI=1S/C22H24FN3O3/c1-13-10-19(28-2)20(29-3)12-17(13)24-22-25-21(27)11-16-8-9-18(26(16)22)14-4-6-15(23)7-5-14/h4,6,10-12,18H,5,7-9H2,1-3H3,(H,24,25,27). The summed E-state index contributed by atoms with van der Waals surface area (Å²) in [5.74, 6) is 1.62. The summed E-state index contributed by atoms with van der Waals surface area (Å²) in [4.78, 5) is 16.4. The predicted octanol–water partition coefficient (Wildman–Crippen LogP) is 4.37. The van der Waals surface area contributed by atoms with Crippen molar-refractivity contribution in [2.24, 2.45) is 0 Å². The van der Waals surface area contributed by atoms with Crippen molar-refractivity contribution in [3.05, 3.63) is 63.4 Å². The highest BCUT2D eigenvalue weighted by Crippen LogP contribution is 2.39. The number of ether oxygens (including phenoxy) is 2. The van der Waals surface area contributed by atoms with Gasteiger partial charge in [-0.3, -0.25) is 4.79 Å². The lowest BCUT2D eigenvalue weighted by Gasteiger charge is -2.24. The number of methoxy groups -OCH3 is 2. The Bertz CT molecular complexity index is 1070. The van der Waals surface area contributed by atoms with E-state index < -0.39 is 0 Å². The topological polar surface area (TPSA) is 65.4 Å². The first-order valence-corrected chi connectivity index (χ1v) is 9.67. The average Bonchev–Trinajstić information content (AvgIpc) is 3.13. The fraction of sp³-hybridized carbons (Fsp3) is 0.364. The summed E-state index contributed by atoms with van der Waals surface area (Å²) < 4.78 is 26.3. The Morgan fingerprint density at radius 2 is 1.86 bits per heavy atom. The van der Waals surface area contributed by atoms with Crippen LogP contribution >= 0.6 is 0 Å². The summed E-state index contributed by atoms with van der Waals surface area (Å²) in [6.45, 7) is 1.95. The van der Waals surface area contributed by atoms with Crippen LogP contribution in [0.25, 0.3) is 0 Å². The third-order valence-corrected chi connectivity index (χ3v) is 5.57. The van der Waals surface area contributed by atoms with E-state index in [1.807, 2.05) is 25.1 Å². The number of fused-ring (bicyclic) bond motifs is 1. The molecule has 6 nitrogen and oxygen atoms in total. The highest BCUT2D eigenvalue weighted by Gasteiger charge is 2.29. The van der Waals surface area contributed by atoms with Crippen molar-refractivity contribution in [3.8, 4) is 11.5 Å². The SMILES string of the molecule is COc1cc(C)c(Nc2nc(=O)cc3n2C(C2=CC=C(F)CC2)CC3)cc1OC. The number of rotatable bonds is 5. The molecule has 1 aliphatic heterocycles. The summed E-state index contributed by atoms with van der Waals surface area (Å²) in [7, 11) is 3.17. The lowest BCUT2D eigenvalue weighted by atomic mass is 9.96. The third kappa shape index (κ3) is 3.64. The van der Waals surface area contributed by atoms with Crippen LogP contribution in [0.3, 0.4) is 0 Å². The van der Waals surface area contributed by atoms with Crippen molar-refractivity contribution in [3.63, 3.8) is 0 Å². The second-order valence-corrected chi connectivity index (χ2v) is 7.34. The highest BCUT2D eigenvalue weighted by atomic mass is 19.1. The number of hydrogen-bond donors (Lipinski definition) is 1. The van der Waals surface area contributed by atoms with Crippen molar-refractivity contribution in [1.29, 1.82) is 0 Å². The van der Waals surface area contributed by atoms with E-state index in [4.69, 9.17) is 9.47 Å². The van der Waals surface area contributed by atoms with E-state index in [1.54, 1.807) is 26.4 Å². The van der Waals surface area contributed by atoms with Gasteiger partial charge in [-0.25, -0.2) is 4.39 Å². The lowest BCUT2D eigenvalue weighted by molar-refractivity contribution is 0.355. The number of aromatic nitrogens is 2. The smallest absolute Gasteiger partial charge is 0.274 e. The number of hydrogen-bond acceptors (Lipinski definition) is 5. The first kappa shape index (κ1) is 19.2. The molecule has 2 heterocycles. The van der Waals surface area contributed by atoms with Gasteiger partial charge in [0.2, 0.25) is 5.95 Å². The molecule has 0 amide bonds. The van der Waals surface area contributed by atoms with Crippen LogP contribution in [-0.2, 0) is 6.42 Å². The summed E-state index contributed by atoms with van der Waals surface area (Å²) in [5.41, 5.74) is 3.53. The maximum atomic E-state index is 13.5. The highest BCUT2D eigenvalue weighted by molar-refractivity contribution is 5.65. The minimum absolute atomic E-state index is 0.0606. The second-order valence-electron chi connectivity index (χ2n) is 7.34. The molecule has 1 aliphatic carbocycles. The van der Waals surface area contributed by atoms with Gasteiger partial charge in [-0.15, -0.1) is 0 Å². The average molecular weight is 397 g/mol. The monoisotopic (exact) mass is 397 g/mol. The largest absolute Gasteiger partial charge is 0.493 e. The number of nitrogens with zero attached hydrogens (tertiary/aromatic N) is 2. The lowest BCUT2D eigenvalue weighted by Crippen LogP contribution is -2.20. The molecule has 2 aliphatic rings. The Morgan fingerprint density at radius 1 is 1.10 bits per heavy atom. The zero-order chi connectivity index (χ0) is 20.5. The molecule has 0 fully saturated rings. The Morgan fingerprint density at radius 3 is 2.55 bits per heavy atom. The molecule has 7 heteroatoms. The van der Waals surface area contributed by atoms with Gasteiger partial charge < -0.3 is 19.4 Å². The van der Waals surface area contributed by atoms with Gasteiger partial charge in [-0.1, -0.05) is 6.08 Å². The maximum absolute atomic E-state index is 13.5. The first-order valence-electron chi connectivity index (χ1n) is 9.67. The minimum Gasteiger partial charge on any atom is -0.493 e. The zero-order valence-electron chi connectivity index (χ0n) is 16.8. The number of nitrogens with one attached hydrogen (secondary N) is 1. The van der Waals surface area contributed by atoms with Crippen LogP contribution < -0.4 is 20.3 Å². The van der Waals surface area contributed by atoms with Gasteiger partial charge in [-0.2, -0.15) is 4.98 Å². The van der Waals surface area contributed by atoms with Crippen LogP contribution in [0, 0.1) is 6.92 Å². The van der Waals surface area contributed by atoms with Gasteiger partial charge in [0.05, 0.1) is 20.3 Å². The maximum Gasteiger partial charge on any atom is 0.274 e. The van der Waals surface area contributed by atoms with Crippen molar-refractivity contribution < 1.29 is 13.9 Å². The van der Waals surface area contributed by atoms with Gasteiger partial charge in [-0.05, 0) is 49.5 Å². The van der Waals surface area contributed by atoms with Gasteiger partial charge in [0.1, 0.15) is 5.83 Å². The number of aryl methyl sites for hydroxylation is 2. The quantitative estimate of drug-likeness (QED) is 0.811. The minimum atomic E-state index is -0.277. The van der Waals surface area contributed by atoms with E-state index in [9.17, 15) is 9.18 Å². The molecule has 4 rings (SSSR count). The molecule has 0 saturated heterocycles. The van der Waals surface area contributed by atoms with Crippen molar-refractivity contribution in [2.75, 3.05) is 19.5 Å². The van der Waals surface area contributed by atoms with Crippen LogP contribution in [0.15, 0.2) is 46.5 Å². The van der Waals surface area contributed by atoms with Crippen LogP contribution in [-0.4, -0.2) is 23.8 Å². The van der Waals surface area contributed by atoms with Crippen molar-refractivity contribution in [1.82, 2.24) is 9.55 Å². The Labute approximate surface area is 168 Å². The Hall–Kier alpha value is -3.09. The summed E-state index contributed by atoms with van der Waals surface area (Å²) in [6, 6.07) is 5.36. The molecular formula is C22H24FN3O3. The molecule has 152 valence electrons. The van der Waals surface area contributed by atoms with Crippen LogP contribution in [0.1, 0.15) is 36.6 Å². The number of halogens is 1. The molecule has 1 unspecified atom stereocenters. The van der Waals surface area contributed by atoms with E-state index in [0.29, 0.717) is 30.3 Å². The number of benzene rings is 1. The van der Waals surface area contributed by atoms with Crippen LogP contribution in [0.5, 0.6) is 11.5 Å². The van der Waals surface area contributed by atoms with Gasteiger partial charge in [0.25, 0.3) is 5.56 Å². The second kappa shape index (κ2) is 7.73. The zero-order valence-corrected chi connectivity index (χ0v) is 16.8. The molecule has 0 saturated carbocycles. The first-order chi connectivity index (χ1) is 14.0. The van der Waals surface area contributed by atoms with Crippen LogP contribution in [0.2, 0.25) is 0 Å². The molecule has 1 atom stereocenters. The van der Waals surface area contributed by atoms with Crippen molar-refractivity contribution in [2.45, 2.75) is 38.6 Å². The predicted molar refractivity (Wildman–Crippen MR) is 110 cm³/mol. The molecular weight excluding hydrogens is 373 g/mol. The van der Waals surface area contributed by atoms with E-state index in [1.165, 1.54) is 0 Å². The van der Waals surface area contributed by atoms with E-state index in [-0.39, 0.29) is 17.4 Å². The normalized spacial score (nSPS) is 18.0. The molecule has 1 N–H and O–H groups in total. The molecule has 0 bridgehead atoms. The Kier molecular flexibility index (Phi) is 5.13. The van der Waals surface area contributed by atoms with E-state index in [0.717, 1.165) is 35.4 Å².